The van der Waals surface area contributed by atoms with Crippen LogP contribution in [0.15, 0.2) is 42.5 Å². The second kappa shape index (κ2) is 9.09. The molecule has 8 nitrogen and oxygen atoms in total. The zero-order chi connectivity index (χ0) is 22.7. The Balaban J connectivity index is 1.60. The molecule has 162 valence electrons. The number of carbonyl (C=O) groups is 1. The van der Waals surface area contributed by atoms with Crippen LogP contribution in [0.1, 0.15) is 11.1 Å². The predicted molar refractivity (Wildman–Crippen MR) is 118 cm³/mol. The molecule has 1 aromatic heterocycles. The van der Waals surface area contributed by atoms with Crippen LogP contribution < -0.4 is 16.4 Å². The third kappa shape index (κ3) is 4.56. The van der Waals surface area contributed by atoms with Crippen LogP contribution in [-0.2, 0) is 9.53 Å². The van der Waals surface area contributed by atoms with E-state index in [2.05, 4.69) is 20.6 Å². The minimum atomic E-state index is -0.628. The third-order valence-corrected chi connectivity index (χ3v) is 5.12. The Morgan fingerprint density at radius 1 is 1.25 bits per heavy atom. The first-order valence-electron chi connectivity index (χ1n) is 10.0. The maximum Gasteiger partial charge on any atom is 0.254 e. The second-order valence-corrected chi connectivity index (χ2v) is 7.39. The smallest absolute Gasteiger partial charge is 0.254 e. The number of carbonyl (C=O) groups excluding carboxylic acids is 1. The number of nitrogens with one attached hydrogen (secondary N) is 2. The maximum absolute atomic E-state index is 14.1. The molecular weight excluding hydrogens is 411 g/mol. The number of hydrogen-bond donors (Lipinski definition) is 3. The molecule has 0 bridgehead atoms. The number of nitrogens with zero attached hydrogens (tertiary/aromatic N) is 3. The van der Waals surface area contributed by atoms with Crippen molar-refractivity contribution < 1.29 is 13.9 Å². The standard InChI is InChI=1S/C23H21FN6O2/c1-13-8-16(28-22(31)21-12-27-6-7-32-21)4-5-17(13)20-10-19(29-23(26)30-20)14-2-3-15(11-25)18(24)9-14/h2-5,8-10,21,27H,6-7,12H2,1H3,(H,28,31)(H2,26,29,30)/t21-/m0/s1. The monoisotopic (exact) mass is 432 g/mol. The van der Waals surface area contributed by atoms with Gasteiger partial charge in [0.05, 0.1) is 23.6 Å². The van der Waals surface area contributed by atoms with Crippen molar-refractivity contribution in [2.45, 2.75) is 13.0 Å². The van der Waals surface area contributed by atoms with E-state index in [9.17, 15) is 9.18 Å². The Kier molecular flexibility index (Phi) is 6.07. The Morgan fingerprint density at radius 3 is 2.75 bits per heavy atom. The molecule has 0 saturated carbocycles. The summed E-state index contributed by atoms with van der Waals surface area (Å²) in [6.45, 7) is 3.60. The van der Waals surface area contributed by atoms with Crippen LogP contribution in [0.5, 0.6) is 0 Å². The molecular formula is C23H21FN6O2. The number of nitrogens with two attached hydrogens (primary N) is 1. The predicted octanol–water partition coefficient (Wildman–Crippen LogP) is 2.64. The number of rotatable bonds is 4. The number of aryl methyl sites for hydroxylation is 1. The molecule has 0 unspecified atom stereocenters. The van der Waals surface area contributed by atoms with E-state index in [0.29, 0.717) is 35.8 Å². The van der Waals surface area contributed by atoms with Crippen molar-refractivity contribution in [3.05, 3.63) is 59.4 Å². The summed E-state index contributed by atoms with van der Waals surface area (Å²) in [7, 11) is 0. The van der Waals surface area contributed by atoms with E-state index in [1.165, 1.54) is 12.1 Å². The summed E-state index contributed by atoms with van der Waals surface area (Å²) in [5.74, 6) is -0.793. The molecule has 9 heteroatoms. The van der Waals surface area contributed by atoms with Crippen LogP contribution in [-0.4, -0.2) is 41.7 Å². The Bertz CT molecular complexity index is 1220. The van der Waals surface area contributed by atoms with Gasteiger partial charge in [-0.3, -0.25) is 4.79 Å². The lowest BCUT2D eigenvalue weighted by Crippen LogP contribution is -2.45. The molecule has 0 spiro atoms. The number of morpholine rings is 1. The summed E-state index contributed by atoms with van der Waals surface area (Å²) in [4.78, 5) is 20.9. The Morgan fingerprint density at radius 2 is 2.06 bits per heavy atom. The number of nitrogen functional groups attached to an aromatic ring is 1. The molecule has 4 rings (SSSR count). The molecule has 1 aliphatic heterocycles. The topological polar surface area (TPSA) is 126 Å². The molecule has 1 atom stereocenters. The number of benzene rings is 2. The average Bonchev–Trinajstić information content (AvgIpc) is 2.79. The van der Waals surface area contributed by atoms with E-state index in [-0.39, 0.29) is 17.4 Å². The number of nitriles is 1. The number of hydrogen-bond acceptors (Lipinski definition) is 7. The van der Waals surface area contributed by atoms with E-state index in [0.717, 1.165) is 17.7 Å². The molecule has 1 aliphatic rings. The lowest BCUT2D eigenvalue weighted by molar-refractivity contribution is -0.128. The first kappa shape index (κ1) is 21.4. The van der Waals surface area contributed by atoms with Gasteiger partial charge in [0.15, 0.2) is 0 Å². The van der Waals surface area contributed by atoms with Gasteiger partial charge in [-0.2, -0.15) is 5.26 Å². The van der Waals surface area contributed by atoms with Crippen molar-refractivity contribution in [1.82, 2.24) is 15.3 Å². The van der Waals surface area contributed by atoms with Crippen LogP contribution in [0.4, 0.5) is 16.0 Å². The molecule has 4 N–H and O–H groups in total. The molecule has 32 heavy (non-hydrogen) atoms. The lowest BCUT2D eigenvalue weighted by Gasteiger charge is -2.22. The van der Waals surface area contributed by atoms with Gasteiger partial charge in [0, 0.05) is 29.9 Å². The highest BCUT2D eigenvalue weighted by Crippen LogP contribution is 2.29. The van der Waals surface area contributed by atoms with Crippen molar-refractivity contribution >= 4 is 17.5 Å². The van der Waals surface area contributed by atoms with Gasteiger partial charge in [-0.1, -0.05) is 12.1 Å². The lowest BCUT2D eigenvalue weighted by atomic mass is 10.0. The van der Waals surface area contributed by atoms with Gasteiger partial charge >= 0.3 is 0 Å². The van der Waals surface area contributed by atoms with Crippen LogP contribution in [0, 0.1) is 24.1 Å². The van der Waals surface area contributed by atoms with E-state index < -0.39 is 11.9 Å². The summed E-state index contributed by atoms with van der Waals surface area (Å²) in [5, 5.41) is 14.9. The van der Waals surface area contributed by atoms with Crippen molar-refractivity contribution in [2.24, 2.45) is 0 Å². The van der Waals surface area contributed by atoms with Gasteiger partial charge < -0.3 is 21.1 Å². The average molecular weight is 432 g/mol. The second-order valence-electron chi connectivity index (χ2n) is 7.39. The largest absolute Gasteiger partial charge is 0.368 e. The number of ether oxygens (including phenoxy) is 1. The molecule has 1 amide bonds. The molecule has 0 radical (unpaired) electrons. The normalized spacial score (nSPS) is 15.7. The first-order chi connectivity index (χ1) is 15.4. The van der Waals surface area contributed by atoms with E-state index >= 15 is 0 Å². The number of aromatic nitrogens is 2. The van der Waals surface area contributed by atoms with E-state index in [1.54, 1.807) is 24.3 Å². The minimum absolute atomic E-state index is 0.0426. The summed E-state index contributed by atoms with van der Waals surface area (Å²) in [5.41, 5.74) is 9.65. The summed E-state index contributed by atoms with van der Waals surface area (Å²) in [6, 6.07) is 13.2. The summed E-state index contributed by atoms with van der Waals surface area (Å²) in [6.07, 6.45) is -0.527. The molecule has 1 saturated heterocycles. The number of amides is 1. The molecule has 0 aliphatic carbocycles. The fourth-order valence-electron chi connectivity index (χ4n) is 3.50. The minimum Gasteiger partial charge on any atom is -0.368 e. The number of anilines is 2. The van der Waals surface area contributed by atoms with Gasteiger partial charge in [-0.25, -0.2) is 14.4 Å². The van der Waals surface area contributed by atoms with Gasteiger partial charge in [0.25, 0.3) is 5.91 Å². The highest BCUT2D eigenvalue weighted by atomic mass is 19.1. The highest BCUT2D eigenvalue weighted by Gasteiger charge is 2.22. The zero-order valence-corrected chi connectivity index (χ0v) is 17.4. The third-order valence-electron chi connectivity index (χ3n) is 5.12. The Labute approximate surface area is 184 Å². The van der Waals surface area contributed by atoms with Crippen molar-refractivity contribution in [3.63, 3.8) is 0 Å². The van der Waals surface area contributed by atoms with Gasteiger partial charge in [0.2, 0.25) is 5.95 Å². The molecule has 1 fully saturated rings. The fourth-order valence-corrected chi connectivity index (χ4v) is 3.50. The summed E-state index contributed by atoms with van der Waals surface area (Å²) >= 11 is 0. The van der Waals surface area contributed by atoms with Crippen molar-refractivity contribution in [2.75, 3.05) is 30.7 Å². The van der Waals surface area contributed by atoms with Crippen LogP contribution >= 0.6 is 0 Å². The van der Waals surface area contributed by atoms with Crippen LogP contribution in [0.3, 0.4) is 0 Å². The first-order valence-corrected chi connectivity index (χ1v) is 10.0. The molecule has 3 aromatic rings. The van der Waals surface area contributed by atoms with E-state index in [1.807, 2.05) is 19.1 Å². The quantitative estimate of drug-likeness (QED) is 0.579. The molecule has 2 aromatic carbocycles. The SMILES string of the molecule is Cc1cc(NC(=O)[C@@H]2CNCCO2)ccc1-c1cc(-c2ccc(C#N)c(F)c2)nc(N)n1. The van der Waals surface area contributed by atoms with Gasteiger partial charge in [0.1, 0.15) is 18.0 Å². The van der Waals surface area contributed by atoms with Crippen LogP contribution in [0.25, 0.3) is 22.5 Å². The van der Waals surface area contributed by atoms with Crippen molar-refractivity contribution in [1.29, 1.82) is 5.26 Å². The fraction of sp³-hybridized carbons (Fsp3) is 0.217. The highest BCUT2D eigenvalue weighted by molar-refractivity contribution is 5.94. The van der Waals surface area contributed by atoms with Gasteiger partial charge in [-0.05, 0) is 42.8 Å². The van der Waals surface area contributed by atoms with E-state index in [4.69, 9.17) is 15.7 Å². The van der Waals surface area contributed by atoms with Crippen LogP contribution in [0.2, 0.25) is 0 Å². The van der Waals surface area contributed by atoms with Gasteiger partial charge in [-0.15, -0.1) is 0 Å². The zero-order valence-electron chi connectivity index (χ0n) is 17.4. The number of halogens is 1. The van der Waals surface area contributed by atoms with Crippen molar-refractivity contribution in [3.8, 4) is 28.6 Å². The maximum atomic E-state index is 14.1. The summed E-state index contributed by atoms with van der Waals surface area (Å²) < 4.78 is 19.5. The molecule has 2 heterocycles. The Hall–Kier alpha value is -3.87.